The fourth-order valence-corrected chi connectivity index (χ4v) is 2.37. The van der Waals surface area contributed by atoms with Crippen molar-refractivity contribution in [1.29, 1.82) is 0 Å². The van der Waals surface area contributed by atoms with E-state index in [1.165, 1.54) is 30.5 Å². The Kier molecular flexibility index (Phi) is 5.41. The van der Waals surface area contributed by atoms with Crippen molar-refractivity contribution in [3.63, 3.8) is 0 Å². The first-order valence-electron chi connectivity index (χ1n) is 8.16. The largest absolute Gasteiger partial charge is 0.396 e. The number of hydrogen-bond donors (Lipinski definition) is 3. The molecule has 2 aromatic carbocycles. The number of aromatic nitrogens is 1. The average Bonchev–Trinajstić information content (AvgIpc) is 2.69. The number of nitrogens with one attached hydrogen (secondary N) is 2. The topological polar surface area (TPSA) is 97.1 Å². The van der Waals surface area contributed by atoms with Gasteiger partial charge in [-0.05, 0) is 48.0 Å². The number of benzene rings is 2. The zero-order valence-corrected chi connectivity index (χ0v) is 14.3. The minimum Gasteiger partial charge on any atom is -0.396 e. The summed E-state index contributed by atoms with van der Waals surface area (Å²) in [5, 5.41) is 5.46. The molecule has 0 radical (unpaired) electrons. The Bertz CT molecular complexity index is 956. The van der Waals surface area contributed by atoms with Crippen LogP contribution < -0.4 is 16.4 Å². The maximum atomic E-state index is 12.9. The second-order valence-electron chi connectivity index (χ2n) is 5.80. The fraction of sp³-hybridized carbons (Fsp3) is 0.0500. The van der Waals surface area contributed by atoms with Crippen molar-refractivity contribution in [2.45, 2.75) is 6.54 Å². The molecule has 0 aliphatic carbocycles. The lowest BCUT2D eigenvalue weighted by Crippen LogP contribution is -2.22. The van der Waals surface area contributed by atoms with E-state index in [9.17, 15) is 14.0 Å². The van der Waals surface area contributed by atoms with Crippen LogP contribution in [-0.4, -0.2) is 16.8 Å². The summed E-state index contributed by atoms with van der Waals surface area (Å²) in [6, 6.07) is 13.7. The Morgan fingerprint density at radius 2 is 1.56 bits per heavy atom. The molecule has 0 fully saturated rings. The first-order chi connectivity index (χ1) is 13.0. The Labute approximate surface area is 155 Å². The van der Waals surface area contributed by atoms with Crippen molar-refractivity contribution in [3.8, 4) is 0 Å². The van der Waals surface area contributed by atoms with Crippen LogP contribution in [0.1, 0.15) is 26.3 Å². The monoisotopic (exact) mass is 364 g/mol. The number of nitrogen functional groups attached to an aromatic ring is 1. The molecular formula is C20H17FN4O2. The van der Waals surface area contributed by atoms with Gasteiger partial charge in [0.05, 0.1) is 17.6 Å². The van der Waals surface area contributed by atoms with Crippen LogP contribution in [-0.2, 0) is 6.54 Å². The highest BCUT2D eigenvalue weighted by atomic mass is 19.1. The minimum absolute atomic E-state index is 0.287. The Morgan fingerprint density at radius 1 is 0.926 bits per heavy atom. The zero-order valence-electron chi connectivity index (χ0n) is 14.3. The highest BCUT2D eigenvalue weighted by molar-refractivity contribution is 6.05. The summed E-state index contributed by atoms with van der Waals surface area (Å²) in [6.45, 7) is 0.287. The Balaban J connectivity index is 1.58. The van der Waals surface area contributed by atoms with Gasteiger partial charge >= 0.3 is 0 Å². The number of amides is 2. The smallest absolute Gasteiger partial charge is 0.255 e. The molecule has 2 amide bonds. The summed E-state index contributed by atoms with van der Waals surface area (Å²) < 4.78 is 12.9. The van der Waals surface area contributed by atoms with Crippen LogP contribution in [0, 0.1) is 5.82 Å². The minimum atomic E-state index is -0.395. The predicted molar refractivity (Wildman–Crippen MR) is 101 cm³/mol. The van der Waals surface area contributed by atoms with Gasteiger partial charge in [0.2, 0.25) is 0 Å². The van der Waals surface area contributed by atoms with Gasteiger partial charge in [-0.3, -0.25) is 14.6 Å². The molecular weight excluding hydrogens is 347 g/mol. The number of nitrogens with zero attached hydrogens (tertiary/aromatic N) is 1. The van der Waals surface area contributed by atoms with E-state index in [2.05, 4.69) is 15.6 Å². The number of rotatable bonds is 5. The van der Waals surface area contributed by atoms with E-state index in [4.69, 9.17) is 5.73 Å². The van der Waals surface area contributed by atoms with Crippen LogP contribution >= 0.6 is 0 Å². The highest BCUT2D eigenvalue weighted by Gasteiger charge is 2.09. The van der Waals surface area contributed by atoms with E-state index in [1.54, 1.807) is 36.5 Å². The van der Waals surface area contributed by atoms with Crippen LogP contribution in [0.3, 0.4) is 0 Å². The predicted octanol–water partition coefficient (Wildman–Crippen LogP) is 2.99. The number of carbonyl (C=O) groups is 2. The summed E-state index contributed by atoms with van der Waals surface area (Å²) in [6.07, 6.45) is 3.00. The summed E-state index contributed by atoms with van der Waals surface area (Å²) >= 11 is 0. The quantitative estimate of drug-likeness (QED) is 0.648. The van der Waals surface area contributed by atoms with Crippen LogP contribution in [0.25, 0.3) is 0 Å². The summed E-state index contributed by atoms with van der Waals surface area (Å²) in [5.74, 6) is -0.992. The summed E-state index contributed by atoms with van der Waals surface area (Å²) in [7, 11) is 0. The summed E-state index contributed by atoms with van der Waals surface area (Å²) in [4.78, 5) is 28.2. The molecule has 27 heavy (non-hydrogen) atoms. The molecule has 4 N–H and O–H groups in total. The molecule has 0 spiro atoms. The standard InChI is InChI=1S/C20H17FN4O2/c21-16-7-5-14(6-8-16)19(26)24-11-13-1-3-15(4-2-13)20(27)25-18-9-10-23-12-17(18)22/h1-10,12H,11,22H2,(H,24,26)(H,23,25,27). The van der Waals surface area contributed by atoms with Gasteiger partial charge in [0.25, 0.3) is 11.8 Å². The van der Waals surface area contributed by atoms with Gasteiger partial charge in [0.15, 0.2) is 0 Å². The van der Waals surface area contributed by atoms with Crippen LogP contribution in [0.4, 0.5) is 15.8 Å². The van der Waals surface area contributed by atoms with Crippen molar-refractivity contribution >= 4 is 23.2 Å². The van der Waals surface area contributed by atoms with Gasteiger partial charge in [-0.15, -0.1) is 0 Å². The van der Waals surface area contributed by atoms with Crippen molar-refractivity contribution in [2.24, 2.45) is 0 Å². The van der Waals surface area contributed by atoms with Crippen molar-refractivity contribution < 1.29 is 14.0 Å². The number of carbonyl (C=O) groups excluding carboxylic acids is 2. The molecule has 3 aromatic rings. The third-order valence-corrected chi connectivity index (χ3v) is 3.88. The number of anilines is 2. The van der Waals surface area contributed by atoms with Crippen LogP contribution in [0.15, 0.2) is 67.0 Å². The van der Waals surface area contributed by atoms with E-state index >= 15 is 0 Å². The maximum absolute atomic E-state index is 12.9. The lowest BCUT2D eigenvalue weighted by molar-refractivity contribution is 0.0949. The van der Waals surface area contributed by atoms with E-state index in [0.717, 1.165) is 5.56 Å². The molecule has 0 unspecified atom stereocenters. The molecule has 0 saturated heterocycles. The van der Waals surface area contributed by atoms with Gasteiger partial charge in [0.1, 0.15) is 5.82 Å². The Morgan fingerprint density at radius 3 is 2.22 bits per heavy atom. The van der Waals surface area contributed by atoms with E-state index in [1.807, 2.05) is 0 Å². The van der Waals surface area contributed by atoms with Gasteiger partial charge < -0.3 is 16.4 Å². The second-order valence-corrected chi connectivity index (χ2v) is 5.80. The molecule has 136 valence electrons. The molecule has 7 heteroatoms. The molecule has 0 bridgehead atoms. The van der Waals surface area contributed by atoms with Gasteiger partial charge in [0, 0.05) is 23.9 Å². The van der Waals surface area contributed by atoms with E-state index < -0.39 is 5.82 Å². The van der Waals surface area contributed by atoms with Crippen molar-refractivity contribution in [3.05, 3.63) is 89.5 Å². The average molecular weight is 364 g/mol. The number of nitrogens with two attached hydrogens (primary N) is 1. The SMILES string of the molecule is Nc1cnccc1NC(=O)c1ccc(CNC(=O)c2ccc(F)cc2)cc1. The maximum Gasteiger partial charge on any atom is 0.255 e. The number of halogens is 1. The molecule has 3 rings (SSSR count). The molecule has 1 aromatic heterocycles. The second kappa shape index (κ2) is 8.09. The summed E-state index contributed by atoms with van der Waals surface area (Å²) in [5.41, 5.74) is 8.29. The highest BCUT2D eigenvalue weighted by Crippen LogP contribution is 2.16. The lowest BCUT2D eigenvalue weighted by Gasteiger charge is -2.09. The first-order valence-corrected chi connectivity index (χ1v) is 8.16. The fourth-order valence-electron chi connectivity index (χ4n) is 2.37. The van der Waals surface area contributed by atoms with E-state index in [0.29, 0.717) is 22.5 Å². The molecule has 0 saturated carbocycles. The van der Waals surface area contributed by atoms with Crippen LogP contribution in [0.5, 0.6) is 0 Å². The van der Waals surface area contributed by atoms with Gasteiger partial charge in [-0.25, -0.2) is 4.39 Å². The van der Waals surface area contributed by atoms with E-state index in [-0.39, 0.29) is 18.4 Å². The van der Waals surface area contributed by atoms with Crippen LogP contribution in [0.2, 0.25) is 0 Å². The molecule has 0 aliphatic rings. The van der Waals surface area contributed by atoms with Crippen molar-refractivity contribution in [2.75, 3.05) is 11.1 Å². The normalized spacial score (nSPS) is 10.3. The third-order valence-electron chi connectivity index (χ3n) is 3.88. The molecule has 0 aliphatic heterocycles. The molecule has 6 nitrogen and oxygen atoms in total. The zero-order chi connectivity index (χ0) is 19.2. The Hall–Kier alpha value is -3.74. The molecule has 0 atom stereocenters. The third kappa shape index (κ3) is 4.66. The molecule has 1 heterocycles. The number of hydrogen-bond acceptors (Lipinski definition) is 4. The van der Waals surface area contributed by atoms with Gasteiger partial charge in [-0.1, -0.05) is 12.1 Å². The first kappa shape index (κ1) is 18.1. The lowest BCUT2D eigenvalue weighted by atomic mass is 10.1. The van der Waals surface area contributed by atoms with Gasteiger partial charge in [-0.2, -0.15) is 0 Å². The number of pyridine rings is 1. The van der Waals surface area contributed by atoms with Crippen molar-refractivity contribution in [1.82, 2.24) is 10.3 Å².